The first-order valence-corrected chi connectivity index (χ1v) is 7.09. The molecule has 0 amide bonds. The third-order valence-electron chi connectivity index (χ3n) is 3.92. The van der Waals surface area contributed by atoms with Crippen molar-refractivity contribution in [3.05, 3.63) is 64.7 Å². The highest BCUT2D eigenvalue weighted by Gasteiger charge is 2.17. The number of benzene rings is 2. The molecule has 0 fully saturated rings. The van der Waals surface area contributed by atoms with Crippen molar-refractivity contribution in [2.75, 3.05) is 0 Å². The van der Waals surface area contributed by atoms with Crippen LogP contribution in [0, 0.1) is 11.6 Å². The molecule has 1 atom stereocenters. The third-order valence-corrected chi connectivity index (χ3v) is 3.92. The second-order valence-electron chi connectivity index (χ2n) is 5.35. The van der Waals surface area contributed by atoms with Crippen LogP contribution in [0.5, 0.6) is 5.75 Å². The minimum absolute atomic E-state index is 0.0162. The average Bonchev–Trinajstić information content (AvgIpc) is 2.47. The van der Waals surface area contributed by atoms with E-state index in [2.05, 4.69) is 0 Å². The minimum atomic E-state index is -0.593. The molecule has 0 aliphatic heterocycles. The monoisotopic (exact) mass is 289 g/mol. The molecule has 2 aromatic rings. The number of hydrogen-bond donors (Lipinski definition) is 1. The Bertz CT molecular complexity index is 637. The summed E-state index contributed by atoms with van der Waals surface area (Å²) in [5.74, 6) is -0.594. The summed E-state index contributed by atoms with van der Waals surface area (Å²) in [7, 11) is 0. The molecule has 0 aromatic heterocycles. The highest BCUT2D eigenvalue weighted by atomic mass is 19.1. The quantitative estimate of drug-likeness (QED) is 0.930. The lowest BCUT2D eigenvalue weighted by molar-refractivity contribution is 0.291. The standard InChI is InChI=1S/C17H17F2NO/c18-15-4-2-5-16(19)14(15)10-21-12-8-7-11-3-1-6-17(20)13(11)9-12/h2,4-5,7-9,17H,1,3,6,10,20H2. The lowest BCUT2D eigenvalue weighted by Crippen LogP contribution is -2.17. The van der Waals surface area contributed by atoms with Crippen LogP contribution in [-0.4, -0.2) is 0 Å². The second kappa shape index (κ2) is 5.82. The van der Waals surface area contributed by atoms with Gasteiger partial charge in [0.1, 0.15) is 24.0 Å². The van der Waals surface area contributed by atoms with Crippen molar-refractivity contribution in [1.29, 1.82) is 0 Å². The highest BCUT2D eigenvalue weighted by molar-refractivity contribution is 5.39. The molecule has 2 N–H and O–H groups in total. The van der Waals surface area contributed by atoms with Crippen molar-refractivity contribution in [2.45, 2.75) is 31.9 Å². The molecule has 0 heterocycles. The average molecular weight is 289 g/mol. The van der Waals surface area contributed by atoms with Gasteiger partial charge in [0.2, 0.25) is 0 Å². The molecule has 2 aromatic carbocycles. The normalized spacial score (nSPS) is 17.4. The van der Waals surface area contributed by atoms with Crippen LogP contribution in [0.2, 0.25) is 0 Å². The molecule has 110 valence electrons. The summed E-state index contributed by atoms with van der Waals surface area (Å²) < 4.78 is 32.6. The number of hydrogen-bond acceptors (Lipinski definition) is 2. The van der Waals surface area contributed by atoms with Gasteiger partial charge in [-0.2, -0.15) is 0 Å². The Balaban J connectivity index is 1.78. The fraction of sp³-hybridized carbons (Fsp3) is 0.294. The number of fused-ring (bicyclic) bond motifs is 1. The summed E-state index contributed by atoms with van der Waals surface area (Å²) in [6, 6.07) is 9.51. The van der Waals surface area contributed by atoms with E-state index in [0.717, 1.165) is 24.8 Å². The lowest BCUT2D eigenvalue weighted by atomic mass is 9.88. The number of aryl methyl sites for hydroxylation is 1. The molecular weight excluding hydrogens is 272 g/mol. The molecule has 0 radical (unpaired) electrons. The summed E-state index contributed by atoms with van der Waals surface area (Å²) in [6.45, 7) is -0.132. The maximum Gasteiger partial charge on any atom is 0.132 e. The molecule has 2 nitrogen and oxygen atoms in total. The van der Waals surface area contributed by atoms with E-state index in [9.17, 15) is 8.78 Å². The molecular formula is C17H17F2NO. The molecule has 0 saturated carbocycles. The first-order chi connectivity index (χ1) is 10.1. The number of rotatable bonds is 3. The molecule has 3 rings (SSSR count). The van der Waals surface area contributed by atoms with E-state index in [0.29, 0.717) is 5.75 Å². The zero-order valence-electron chi connectivity index (χ0n) is 11.6. The Hall–Kier alpha value is -1.94. The van der Waals surface area contributed by atoms with E-state index >= 15 is 0 Å². The number of nitrogens with two attached hydrogens (primary N) is 1. The van der Waals surface area contributed by atoms with Crippen LogP contribution in [0.25, 0.3) is 0 Å². The van der Waals surface area contributed by atoms with Crippen LogP contribution in [0.15, 0.2) is 36.4 Å². The molecule has 0 spiro atoms. The van der Waals surface area contributed by atoms with E-state index in [-0.39, 0.29) is 18.2 Å². The first kappa shape index (κ1) is 14.0. The van der Waals surface area contributed by atoms with Crippen LogP contribution in [0.3, 0.4) is 0 Å². The van der Waals surface area contributed by atoms with E-state index in [1.807, 2.05) is 18.2 Å². The van der Waals surface area contributed by atoms with Gasteiger partial charge in [-0.1, -0.05) is 12.1 Å². The molecule has 1 aliphatic rings. The van der Waals surface area contributed by atoms with Gasteiger partial charge in [0.05, 0.1) is 5.56 Å². The lowest BCUT2D eigenvalue weighted by Gasteiger charge is -2.22. The van der Waals surface area contributed by atoms with Crippen molar-refractivity contribution < 1.29 is 13.5 Å². The van der Waals surface area contributed by atoms with E-state index < -0.39 is 11.6 Å². The summed E-state index contributed by atoms with van der Waals surface area (Å²) in [6.07, 6.45) is 3.07. The third kappa shape index (κ3) is 2.90. The molecule has 21 heavy (non-hydrogen) atoms. The van der Waals surface area contributed by atoms with Gasteiger partial charge in [0, 0.05) is 6.04 Å². The molecule has 1 aliphatic carbocycles. The van der Waals surface area contributed by atoms with Crippen LogP contribution in [0.4, 0.5) is 8.78 Å². The zero-order chi connectivity index (χ0) is 14.8. The van der Waals surface area contributed by atoms with E-state index in [1.54, 1.807) is 0 Å². The number of halogens is 2. The molecule has 0 bridgehead atoms. The van der Waals surface area contributed by atoms with Crippen molar-refractivity contribution in [2.24, 2.45) is 5.73 Å². The number of ether oxygens (including phenoxy) is 1. The van der Waals surface area contributed by atoms with Crippen molar-refractivity contribution in [3.8, 4) is 5.75 Å². The van der Waals surface area contributed by atoms with Crippen LogP contribution >= 0.6 is 0 Å². The fourth-order valence-corrected chi connectivity index (χ4v) is 2.73. The Morgan fingerprint density at radius 1 is 1.14 bits per heavy atom. The van der Waals surface area contributed by atoms with Crippen molar-refractivity contribution in [3.63, 3.8) is 0 Å². The summed E-state index contributed by atoms with van der Waals surface area (Å²) in [5.41, 5.74) is 8.35. The van der Waals surface area contributed by atoms with Gasteiger partial charge in [-0.15, -0.1) is 0 Å². The largest absolute Gasteiger partial charge is 0.489 e. The van der Waals surface area contributed by atoms with Gasteiger partial charge in [-0.3, -0.25) is 0 Å². The van der Waals surface area contributed by atoms with Crippen molar-refractivity contribution >= 4 is 0 Å². The van der Waals surface area contributed by atoms with Crippen LogP contribution in [0.1, 0.15) is 35.6 Å². The molecule has 1 unspecified atom stereocenters. The van der Waals surface area contributed by atoms with E-state index in [1.165, 1.54) is 23.8 Å². The maximum atomic E-state index is 13.5. The maximum absolute atomic E-state index is 13.5. The minimum Gasteiger partial charge on any atom is -0.489 e. The summed E-state index contributed by atoms with van der Waals surface area (Å²) in [5, 5.41) is 0. The Labute approximate surface area is 122 Å². The topological polar surface area (TPSA) is 35.2 Å². The van der Waals surface area contributed by atoms with Crippen LogP contribution in [-0.2, 0) is 13.0 Å². The Morgan fingerprint density at radius 2 is 1.90 bits per heavy atom. The van der Waals surface area contributed by atoms with Gasteiger partial charge in [0.15, 0.2) is 0 Å². The zero-order valence-corrected chi connectivity index (χ0v) is 11.6. The second-order valence-corrected chi connectivity index (χ2v) is 5.35. The predicted octanol–water partition coefficient (Wildman–Crippen LogP) is 3.88. The highest BCUT2D eigenvalue weighted by Crippen LogP contribution is 2.31. The predicted molar refractivity (Wildman–Crippen MR) is 77.0 cm³/mol. The summed E-state index contributed by atoms with van der Waals surface area (Å²) in [4.78, 5) is 0. The van der Waals surface area contributed by atoms with E-state index in [4.69, 9.17) is 10.5 Å². The fourth-order valence-electron chi connectivity index (χ4n) is 2.73. The van der Waals surface area contributed by atoms with Crippen molar-refractivity contribution in [1.82, 2.24) is 0 Å². The SMILES string of the molecule is NC1CCCc2ccc(OCc3c(F)cccc3F)cc21. The van der Waals surface area contributed by atoms with Gasteiger partial charge in [-0.05, 0) is 54.7 Å². The molecule has 0 saturated heterocycles. The van der Waals surface area contributed by atoms with Gasteiger partial charge in [-0.25, -0.2) is 8.78 Å². The summed E-state index contributed by atoms with van der Waals surface area (Å²) >= 11 is 0. The first-order valence-electron chi connectivity index (χ1n) is 7.09. The van der Waals surface area contributed by atoms with Gasteiger partial charge in [0.25, 0.3) is 0 Å². The molecule has 4 heteroatoms. The Kier molecular flexibility index (Phi) is 3.88. The van der Waals surface area contributed by atoms with Gasteiger partial charge >= 0.3 is 0 Å². The Morgan fingerprint density at radius 3 is 2.67 bits per heavy atom. The van der Waals surface area contributed by atoms with Crippen LogP contribution < -0.4 is 10.5 Å². The smallest absolute Gasteiger partial charge is 0.132 e. The van der Waals surface area contributed by atoms with Gasteiger partial charge < -0.3 is 10.5 Å².